The van der Waals surface area contributed by atoms with E-state index < -0.39 is 17.4 Å². The Bertz CT molecular complexity index is 454. The fourth-order valence-corrected chi connectivity index (χ4v) is 1.62. The summed E-state index contributed by atoms with van der Waals surface area (Å²) in [5.74, 6) is 0.759. The van der Waals surface area contributed by atoms with E-state index in [0.29, 0.717) is 12.8 Å². The average molecular weight is 292 g/mol. The Morgan fingerprint density at radius 3 is 2.22 bits per heavy atom. The van der Waals surface area contributed by atoms with Gasteiger partial charge in [-0.2, -0.15) is 8.42 Å². The maximum Gasteiger partial charge on any atom is 0.673 e. The number of aromatic nitrogens is 2. The van der Waals surface area contributed by atoms with Crippen molar-refractivity contribution in [3.63, 3.8) is 0 Å². The van der Waals surface area contributed by atoms with E-state index in [1.54, 1.807) is 6.20 Å². The summed E-state index contributed by atoms with van der Waals surface area (Å²) in [6, 6.07) is 0. The van der Waals surface area contributed by atoms with Crippen molar-refractivity contribution < 1.29 is 34.8 Å². The summed E-state index contributed by atoms with van der Waals surface area (Å²) in [4.78, 5) is 2.98. The van der Waals surface area contributed by atoms with E-state index >= 15 is 0 Å². The van der Waals surface area contributed by atoms with Gasteiger partial charge in [0.1, 0.15) is 12.4 Å². The smallest absolute Gasteiger partial charge is 0.418 e. The predicted molar refractivity (Wildman–Crippen MR) is 56.9 cm³/mol. The maximum absolute atomic E-state index is 10.4. The van der Waals surface area contributed by atoms with Gasteiger partial charge in [0.05, 0.1) is 19.2 Å². The molecule has 1 aromatic rings. The minimum Gasteiger partial charge on any atom is -0.418 e. The van der Waals surface area contributed by atoms with Crippen LogP contribution >= 0.6 is 0 Å². The van der Waals surface area contributed by atoms with Crippen molar-refractivity contribution in [2.75, 3.05) is 5.75 Å². The Hall–Kier alpha value is -1.10. The van der Waals surface area contributed by atoms with Crippen LogP contribution in [0.15, 0.2) is 12.4 Å². The summed E-state index contributed by atoms with van der Waals surface area (Å²) < 4.78 is 70.1. The second kappa shape index (κ2) is 6.73. The van der Waals surface area contributed by atoms with Crippen LogP contribution in [0, 0.1) is 0 Å². The number of aryl methyl sites for hydroxylation is 2. The van der Waals surface area contributed by atoms with Crippen LogP contribution in [0.4, 0.5) is 17.3 Å². The van der Waals surface area contributed by atoms with Crippen molar-refractivity contribution in [2.24, 2.45) is 7.05 Å². The van der Waals surface area contributed by atoms with Gasteiger partial charge in [-0.25, -0.2) is 9.55 Å². The fourth-order valence-electron chi connectivity index (χ4n) is 1.11. The van der Waals surface area contributed by atoms with E-state index in [1.165, 1.54) is 0 Å². The third-order valence-corrected chi connectivity index (χ3v) is 2.59. The molecule has 0 fully saturated rings. The molecule has 1 aromatic heterocycles. The standard InChI is InChI=1S/C7H12N2O3S.BF4/c1-9-5-4-8-7(9)3-2-6-13(10,11)12;2-1(3,4)5/h4-5H,2-3,6H2,1H3,(H,10,11,12);/q;-1/p+1. The highest BCUT2D eigenvalue weighted by Gasteiger charge is 2.20. The number of nitrogens with one attached hydrogen (secondary N) is 1. The van der Waals surface area contributed by atoms with Gasteiger partial charge in [-0.1, -0.05) is 0 Å². The molecular formula is C7H13BF4N2O3S. The first-order valence-electron chi connectivity index (χ1n) is 4.83. The number of H-pyrrole nitrogens is 1. The van der Waals surface area contributed by atoms with Gasteiger partial charge in [0.15, 0.2) is 0 Å². The lowest BCUT2D eigenvalue weighted by atomic mass is 10.3. The van der Waals surface area contributed by atoms with Gasteiger partial charge in [0.2, 0.25) is 0 Å². The van der Waals surface area contributed by atoms with Gasteiger partial charge in [-0.05, 0) is 6.42 Å². The van der Waals surface area contributed by atoms with Crippen LogP contribution in [-0.4, -0.2) is 31.0 Å². The molecule has 0 unspecified atom stereocenters. The van der Waals surface area contributed by atoms with Crippen molar-refractivity contribution in [3.05, 3.63) is 18.2 Å². The SMILES string of the molecule is C[n+]1cc[nH]c1CCCS(=O)(=O)O.F[B-](F)(F)F. The molecule has 0 atom stereocenters. The van der Waals surface area contributed by atoms with E-state index in [2.05, 4.69) is 4.98 Å². The molecule has 0 saturated carbocycles. The Labute approximate surface area is 102 Å². The molecule has 2 N–H and O–H groups in total. The molecule has 0 aromatic carbocycles. The molecule has 0 aliphatic rings. The largest absolute Gasteiger partial charge is 0.673 e. The Balaban J connectivity index is 0.000000494. The molecule has 106 valence electrons. The third-order valence-electron chi connectivity index (χ3n) is 1.79. The molecule has 18 heavy (non-hydrogen) atoms. The number of halogens is 4. The van der Waals surface area contributed by atoms with Crippen LogP contribution in [0.3, 0.4) is 0 Å². The van der Waals surface area contributed by atoms with Crippen molar-refractivity contribution in [2.45, 2.75) is 12.8 Å². The van der Waals surface area contributed by atoms with E-state index in [0.717, 1.165) is 5.82 Å². The minimum atomic E-state index is -6.00. The highest BCUT2D eigenvalue weighted by atomic mass is 32.2. The summed E-state index contributed by atoms with van der Waals surface area (Å²) in [6.07, 6.45) is 4.67. The Morgan fingerprint density at radius 2 is 1.89 bits per heavy atom. The zero-order chi connectivity index (χ0) is 14.4. The molecule has 1 rings (SSSR count). The molecular weight excluding hydrogens is 279 g/mol. The van der Waals surface area contributed by atoms with E-state index in [9.17, 15) is 25.7 Å². The lowest BCUT2D eigenvalue weighted by Crippen LogP contribution is -2.30. The number of hydrogen-bond donors (Lipinski definition) is 2. The normalized spacial score (nSPS) is 11.9. The number of nitrogens with zero attached hydrogens (tertiary/aromatic N) is 1. The lowest BCUT2D eigenvalue weighted by Gasteiger charge is -1.94. The van der Waals surface area contributed by atoms with Gasteiger partial charge in [0, 0.05) is 0 Å². The van der Waals surface area contributed by atoms with Crippen molar-refractivity contribution in [1.82, 2.24) is 4.98 Å². The van der Waals surface area contributed by atoms with Gasteiger partial charge >= 0.3 is 7.25 Å². The van der Waals surface area contributed by atoms with Gasteiger partial charge in [-0.15, -0.1) is 0 Å². The molecule has 11 heteroatoms. The van der Waals surface area contributed by atoms with Crippen molar-refractivity contribution in [1.29, 1.82) is 0 Å². The van der Waals surface area contributed by atoms with E-state index in [4.69, 9.17) is 4.55 Å². The summed E-state index contributed by atoms with van der Waals surface area (Å²) in [6.45, 7) is 0. The predicted octanol–water partition coefficient (Wildman–Crippen LogP) is 0.960. The zero-order valence-electron chi connectivity index (χ0n) is 9.48. The van der Waals surface area contributed by atoms with Crippen molar-refractivity contribution in [3.8, 4) is 0 Å². The number of hydrogen-bond acceptors (Lipinski definition) is 2. The second-order valence-electron chi connectivity index (χ2n) is 3.40. The lowest BCUT2D eigenvalue weighted by molar-refractivity contribution is -0.677. The second-order valence-corrected chi connectivity index (χ2v) is 4.97. The van der Waals surface area contributed by atoms with E-state index in [-0.39, 0.29) is 5.75 Å². The molecule has 0 aliphatic carbocycles. The molecule has 0 spiro atoms. The average Bonchev–Trinajstić information content (AvgIpc) is 2.46. The van der Waals surface area contributed by atoms with Crippen LogP contribution in [0.5, 0.6) is 0 Å². The number of imidazole rings is 1. The zero-order valence-corrected chi connectivity index (χ0v) is 10.3. The summed E-state index contributed by atoms with van der Waals surface area (Å²) in [7, 11) is -7.94. The molecule has 0 aliphatic heterocycles. The van der Waals surface area contributed by atoms with Crippen LogP contribution in [0.1, 0.15) is 12.2 Å². The summed E-state index contributed by atoms with van der Waals surface area (Å²) in [5, 5.41) is 0. The molecule has 5 nitrogen and oxygen atoms in total. The van der Waals surface area contributed by atoms with Crippen LogP contribution in [0.2, 0.25) is 0 Å². The Kier molecular flexibility index (Phi) is 6.33. The molecule has 0 radical (unpaired) electrons. The molecule has 1 heterocycles. The van der Waals surface area contributed by atoms with Gasteiger partial charge < -0.3 is 17.3 Å². The molecule has 0 bridgehead atoms. The first-order chi connectivity index (χ1) is 7.99. The van der Waals surface area contributed by atoms with E-state index in [1.807, 2.05) is 17.8 Å². The highest BCUT2D eigenvalue weighted by molar-refractivity contribution is 7.85. The molecule has 0 amide bonds. The summed E-state index contributed by atoms with van der Waals surface area (Å²) in [5.41, 5.74) is 0. The van der Waals surface area contributed by atoms with Crippen LogP contribution in [-0.2, 0) is 23.6 Å². The first kappa shape index (κ1) is 16.9. The quantitative estimate of drug-likeness (QED) is 0.376. The first-order valence-corrected chi connectivity index (χ1v) is 6.44. The van der Waals surface area contributed by atoms with Gasteiger partial charge in [-0.3, -0.25) is 4.55 Å². The summed E-state index contributed by atoms with van der Waals surface area (Å²) >= 11 is 0. The monoisotopic (exact) mass is 292 g/mol. The topological polar surface area (TPSA) is 74.0 Å². The maximum atomic E-state index is 10.4. The number of aromatic amines is 1. The molecule has 0 saturated heterocycles. The van der Waals surface area contributed by atoms with Crippen molar-refractivity contribution >= 4 is 17.4 Å². The highest BCUT2D eigenvalue weighted by Crippen LogP contribution is 2.06. The minimum absolute atomic E-state index is 0.188. The van der Waals surface area contributed by atoms with Crippen LogP contribution < -0.4 is 4.57 Å². The third kappa shape index (κ3) is 11.4. The van der Waals surface area contributed by atoms with Gasteiger partial charge in [0.25, 0.3) is 15.9 Å². The van der Waals surface area contributed by atoms with Crippen LogP contribution in [0.25, 0.3) is 0 Å². The number of rotatable bonds is 4. The fraction of sp³-hybridized carbons (Fsp3) is 0.571. The Morgan fingerprint density at radius 1 is 1.39 bits per heavy atom.